The maximum Gasteiger partial charge on any atom is 0.322 e. The van der Waals surface area contributed by atoms with Crippen LogP contribution in [0.5, 0.6) is 5.75 Å². The van der Waals surface area contributed by atoms with Gasteiger partial charge in [0, 0.05) is 13.1 Å². The van der Waals surface area contributed by atoms with E-state index in [4.69, 9.17) is 0 Å². The molecule has 0 bridgehead atoms. The third kappa shape index (κ3) is 4.16. The number of carboxylic acid groups (broad SMARTS) is 1. The molecule has 1 aromatic carbocycles. The molecule has 1 saturated heterocycles. The molecule has 116 valence electrons. The molecule has 0 spiro atoms. The van der Waals surface area contributed by atoms with Crippen LogP contribution in [0.1, 0.15) is 18.4 Å². The molecule has 1 fully saturated rings. The molecule has 0 aliphatic carbocycles. The zero-order valence-electron chi connectivity index (χ0n) is 11.4. The lowest BCUT2D eigenvalue weighted by Crippen LogP contribution is -2.48. The summed E-state index contributed by atoms with van der Waals surface area (Å²) in [5, 5.41) is 18.4. The molecule has 3 N–H and O–H groups in total. The lowest BCUT2D eigenvalue weighted by Gasteiger charge is -2.20. The molecular formula is C13H18N2O5S. The van der Waals surface area contributed by atoms with Crippen LogP contribution in [0.15, 0.2) is 24.3 Å². The molecule has 7 nitrogen and oxygen atoms in total. The standard InChI is InChI=1S/C13H18N2O5S/c16-11-5-3-10(4-6-11)9-12(13(17)18)14-21(19,20)15-7-1-2-8-15/h3-6,12,14,16H,1-2,7-9H2,(H,17,18). The van der Waals surface area contributed by atoms with Gasteiger partial charge in [-0.25, -0.2) is 0 Å². The summed E-state index contributed by atoms with van der Waals surface area (Å²) in [4.78, 5) is 11.3. The first-order chi connectivity index (χ1) is 9.88. The van der Waals surface area contributed by atoms with Crippen molar-refractivity contribution in [1.82, 2.24) is 9.03 Å². The van der Waals surface area contributed by atoms with Crippen molar-refractivity contribution in [3.8, 4) is 5.75 Å². The Bertz CT molecular complexity index is 593. The quantitative estimate of drug-likeness (QED) is 0.701. The minimum Gasteiger partial charge on any atom is -0.508 e. The van der Waals surface area contributed by atoms with Crippen LogP contribution < -0.4 is 4.72 Å². The highest BCUT2D eigenvalue weighted by Crippen LogP contribution is 2.14. The van der Waals surface area contributed by atoms with Gasteiger partial charge in [0.05, 0.1) is 0 Å². The first-order valence-electron chi connectivity index (χ1n) is 6.66. The minimum absolute atomic E-state index is 0.0166. The van der Waals surface area contributed by atoms with Crippen LogP contribution >= 0.6 is 0 Å². The van der Waals surface area contributed by atoms with Gasteiger partial charge in [-0.3, -0.25) is 4.79 Å². The number of rotatable bonds is 6. The van der Waals surface area contributed by atoms with Crippen LogP contribution in [0.4, 0.5) is 0 Å². The van der Waals surface area contributed by atoms with E-state index in [0.717, 1.165) is 12.8 Å². The topological polar surface area (TPSA) is 107 Å². The molecule has 2 rings (SSSR count). The van der Waals surface area contributed by atoms with Gasteiger partial charge in [-0.2, -0.15) is 17.4 Å². The van der Waals surface area contributed by atoms with Gasteiger partial charge in [0.1, 0.15) is 11.8 Å². The first kappa shape index (κ1) is 15.7. The fourth-order valence-corrected chi connectivity index (χ4v) is 3.66. The number of phenols is 1. The minimum atomic E-state index is -3.78. The van der Waals surface area contributed by atoms with Gasteiger partial charge in [-0.1, -0.05) is 12.1 Å². The van der Waals surface area contributed by atoms with E-state index in [1.807, 2.05) is 0 Å². The van der Waals surface area contributed by atoms with Crippen molar-refractivity contribution in [1.29, 1.82) is 0 Å². The molecular weight excluding hydrogens is 296 g/mol. The second-order valence-electron chi connectivity index (χ2n) is 4.99. The average Bonchev–Trinajstić information content (AvgIpc) is 2.95. The zero-order chi connectivity index (χ0) is 15.5. The third-order valence-electron chi connectivity index (χ3n) is 3.37. The number of aliphatic carboxylic acids is 1. The van der Waals surface area contributed by atoms with E-state index in [1.165, 1.54) is 16.4 Å². The number of nitrogens with zero attached hydrogens (tertiary/aromatic N) is 1. The highest BCUT2D eigenvalue weighted by Gasteiger charge is 2.30. The van der Waals surface area contributed by atoms with Crippen molar-refractivity contribution in [3.05, 3.63) is 29.8 Å². The van der Waals surface area contributed by atoms with Crippen molar-refractivity contribution >= 4 is 16.2 Å². The SMILES string of the molecule is O=C(O)C(Cc1ccc(O)cc1)NS(=O)(=O)N1CCCC1. The van der Waals surface area contributed by atoms with Crippen LogP contribution in [-0.4, -0.2) is 48.0 Å². The molecule has 1 unspecified atom stereocenters. The van der Waals surface area contributed by atoms with Crippen LogP contribution in [0.2, 0.25) is 0 Å². The van der Waals surface area contributed by atoms with Crippen LogP contribution in [-0.2, 0) is 21.4 Å². The lowest BCUT2D eigenvalue weighted by molar-refractivity contribution is -0.138. The van der Waals surface area contributed by atoms with Crippen molar-refractivity contribution < 1.29 is 23.4 Å². The Hall–Kier alpha value is -1.64. The summed E-state index contributed by atoms with van der Waals surface area (Å²) in [7, 11) is -3.78. The molecule has 0 saturated carbocycles. The highest BCUT2D eigenvalue weighted by atomic mass is 32.2. The summed E-state index contributed by atoms with van der Waals surface area (Å²) in [6.45, 7) is 0.835. The van der Waals surface area contributed by atoms with Gasteiger partial charge in [0.15, 0.2) is 0 Å². The highest BCUT2D eigenvalue weighted by molar-refractivity contribution is 7.87. The Balaban J connectivity index is 2.08. The van der Waals surface area contributed by atoms with Gasteiger partial charge in [-0.05, 0) is 37.0 Å². The Morgan fingerprint density at radius 2 is 1.81 bits per heavy atom. The molecule has 8 heteroatoms. The van der Waals surface area contributed by atoms with Gasteiger partial charge in [0.25, 0.3) is 10.2 Å². The maximum atomic E-state index is 12.1. The molecule has 0 radical (unpaired) electrons. The fourth-order valence-electron chi connectivity index (χ4n) is 2.23. The predicted molar refractivity (Wildman–Crippen MR) is 76.1 cm³/mol. The Kier molecular flexibility index (Phi) is 4.81. The first-order valence-corrected chi connectivity index (χ1v) is 8.10. The fraction of sp³-hybridized carbons (Fsp3) is 0.462. The van der Waals surface area contributed by atoms with Crippen LogP contribution in [0.25, 0.3) is 0 Å². The molecule has 21 heavy (non-hydrogen) atoms. The molecule has 0 amide bonds. The number of carboxylic acids is 1. The third-order valence-corrected chi connectivity index (χ3v) is 5.00. The monoisotopic (exact) mass is 314 g/mol. The Labute approximate surface area is 123 Å². The van der Waals surface area contributed by atoms with Crippen molar-refractivity contribution in [2.75, 3.05) is 13.1 Å². The summed E-state index contributed by atoms with van der Waals surface area (Å²) < 4.78 is 27.7. The number of aromatic hydroxyl groups is 1. The molecule has 1 aliphatic heterocycles. The Morgan fingerprint density at radius 3 is 2.33 bits per heavy atom. The molecule has 1 aliphatic rings. The summed E-state index contributed by atoms with van der Waals surface area (Å²) in [5.41, 5.74) is 0.629. The summed E-state index contributed by atoms with van der Waals surface area (Å²) in [6, 6.07) is 4.76. The van der Waals surface area contributed by atoms with Gasteiger partial charge in [-0.15, -0.1) is 0 Å². The number of nitrogens with one attached hydrogen (secondary N) is 1. The van der Waals surface area contributed by atoms with E-state index in [2.05, 4.69) is 4.72 Å². The number of phenolic OH excluding ortho intramolecular Hbond substituents is 1. The van der Waals surface area contributed by atoms with E-state index in [-0.39, 0.29) is 12.2 Å². The van der Waals surface area contributed by atoms with Gasteiger partial charge >= 0.3 is 5.97 Å². The smallest absolute Gasteiger partial charge is 0.322 e. The van der Waals surface area contributed by atoms with E-state index in [1.54, 1.807) is 12.1 Å². The largest absolute Gasteiger partial charge is 0.508 e. The molecule has 1 aromatic rings. The van der Waals surface area contributed by atoms with Crippen molar-refractivity contribution in [3.63, 3.8) is 0 Å². The number of hydrogen-bond acceptors (Lipinski definition) is 4. The van der Waals surface area contributed by atoms with Gasteiger partial charge < -0.3 is 10.2 Å². The molecule has 1 atom stereocenters. The number of hydrogen-bond donors (Lipinski definition) is 3. The van der Waals surface area contributed by atoms with Crippen molar-refractivity contribution in [2.24, 2.45) is 0 Å². The van der Waals surface area contributed by atoms with Crippen LogP contribution in [0, 0.1) is 0 Å². The summed E-state index contributed by atoms with van der Waals surface area (Å²) in [5.74, 6) is -1.16. The normalized spacial score (nSPS) is 17.7. The second-order valence-corrected chi connectivity index (χ2v) is 6.69. The zero-order valence-corrected chi connectivity index (χ0v) is 12.2. The van der Waals surface area contributed by atoms with E-state index < -0.39 is 22.2 Å². The van der Waals surface area contributed by atoms with Crippen molar-refractivity contribution in [2.45, 2.75) is 25.3 Å². The average molecular weight is 314 g/mol. The molecule has 0 aromatic heterocycles. The van der Waals surface area contributed by atoms with Crippen LogP contribution in [0.3, 0.4) is 0 Å². The summed E-state index contributed by atoms with van der Waals surface area (Å²) in [6.07, 6.45) is 1.59. The Morgan fingerprint density at radius 1 is 1.24 bits per heavy atom. The van der Waals surface area contributed by atoms with E-state index >= 15 is 0 Å². The van der Waals surface area contributed by atoms with E-state index in [9.17, 15) is 23.4 Å². The van der Waals surface area contributed by atoms with E-state index in [0.29, 0.717) is 18.7 Å². The lowest BCUT2D eigenvalue weighted by atomic mass is 10.1. The number of carbonyl (C=O) groups is 1. The maximum absolute atomic E-state index is 12.1. The molecule has 1 heterocycles. The number of benzene rings is 1. The second kappa shape index (κ2) is 6.42. The predicted octanol–water partition coefficient (Wildman–Crippen LogP) is 0.318. The van der Waals surface area contributed by atoms with Gasteiger partial charge in [0.2, 0.25) is 0 Å². The summed E-state index contributed by atoms with van der Waals surface area (Å²) >= 11 is 0.